The van der Waals surface area contributed by atoms with Crippen LogP contribution in [0.2, 0.25) is 0 Å². The van der Waals surface area contributed by atoms with Gasteiger partial charge in [-0.3, -0.25) is 4.79 Å². The molecule has 6 nitrogen and oxygen atoms in total. The van der Waals surface area contributed by atoms with Crippen LogP contribution in [0, 0.1) is 15.5 Å². The number of halogens is 1. The van der Waals surface area contributed by atoms with Crippen molar-refractivity contribution in [3.05, 3.63) is 27.9 Å². The predicted octanol–water partition coefficient (Wildman–Crippen LogP) is 2.70. The van der Waals surface area contributed by atoms with Gasteiger partial charge in [-0.15, -0.1) is 11.6 Å². The van der Waals surface area contributed by atoms with Crippen molar-refractivity contribution in [2.75, 3.05) is 12.4 Å². The van der Waals surface area contributed by atoms with Crippen LogP contribution >= 0.6 is 11.6 Å². The number of H-pyrrole nitrogens is 1. The lowest BCUT2D eigenvalue weighted by Crippen LogP contribution is -2.34. The zero-order valence-electron chi connectivity index (χ0n) is 11.0. The molecule has 0 saturated heterocycles. The third-order valence-corrected chi connectivity index (χ3v) is 3.09. The minimum absolute atomic E-state index is 0.0525. The predicted molar refractivity (Wildman–Crippen MR) is 73.5 cm³/mol. The molecule has 2 N–H and O–H groups in total. The summed E-state index contributed by atoms with van der Waals surface area (Å²) >= 11 is 5.64. The Morgan fingerprint density at radius 3 is 2.74 bits per heavy atom. The molecule has 1 heterocycles. The highest BCUT2D eigenvalue weighted by Gasteiger charge is 2.21. The van der Waals surface area contributed by atoms with E-state index in [1.54, 1.807) is 0 Å². The van der Waals surface area contributed by atoms with Gasteiger partial charge in [-0.25, -0.2) is 4.98 Å². The summed E-state index contributed by atoms with van der Waals surface area (Å²) in [5.41, 5.74) is 0.142. The highest BCUT2D eigenvalue weighted by atomic mass is 35.5. The first kappa shape index (κ1) is 15.5. The second-order valence-corrected chi connectivity index (χ2v) is 5.53. The van der Waals surface area contributed by atoms with Crippen LogP contribution in [0.1, 0.15) is 37.2 Å². The largest absolute Gasteiger partial charge is 0.358 e. The van der Waals surface area contributed by atoms with Crippen molar-refractivity contribution in [2.45, 2.75) is 26.7 Å². The van der Waals surface area contributed by atoms with Gasteiger partial charge >= 0.3 is 5.82 Å². The molecule has 19 heavy (non-hydrogen) atoms. The third kappa shape index (κ3) is 4.90. The zero-order chi connectivity index (χ0) is 14.5. The van der Waals surface area contributed by atoms with Crippen LogP contribution in [0.4, 0.5) is 5.82 Å². The minimum atomic E-state index is -0.568. The fraction of sp³-hybridized carbons (Fsp3) is 0.583. The Morgan fingerprint density at radius 2 is 2.21 bits per heavy atom. The van der Waals surface area contributed by atoms with Crippen molar-refractivity contribution in [1.29, 1.82) is 0 Å². The smallest absolute Gasteiger partial charge is 0.321 e. The number of alkyl halides is 1. The molecule has 7 heteroatoms. The molecule has 0 aliphatic heterocycles. The summed E-state index contributed by atoms with van der Waals surface area (Å²) in [5, 5.41) is 13.3. The molecular weight excluding hydrogens is 270 g/mol. The Hall–Kier alpha value is -1.56. The molecule has 0 aliphatic carbocycles. The number of aromatic nitrogens is 1. The molecule has 0 radical (unpaired) electrons. The second-order valence-electron chi connectivity index (χ2n) is 5.15. The standard InChI is InChI=1S/C12H18ClN3O3/c1-12(2,6-3-7-13)8-14-11(17)9-4-5-10(15-9)16(18)19/h4-5,15H,3,6-8H2,1-2H3,(H,14,17). The molecule has 0 aromatic carbocycles. The molecule has 1 aromatic rings. The quantitative estimate of drug-likeness (QED) is 0.459. The Balaban J connectivity index is 2.52. The van der Waals surface area contributed by atoms with Crippen LogP contribution in [0.25, 0.3) is 0 Å². The van der Waals surface area contributed by atoms with E-state index in [1.165, 1.54) is 12.1 Å². The average molecular weight is 288 g/mol. The van der Waals surface area contributed by atoms with Crippen LogP contribution in [-0.2, 0) is 0 Å². The van der Waals surface area contributed by atoms with Gasteiger partial charge in [-0.1, -0.05) is 13.8 Å². The highest BCUT2D eigenvalue weighted by molar-refractivity contribution is 6.17. The molecule has 1 rings (SSSR count). The summed E-state index contributed by atoms with van der Waals surface area (Å²) in [7, 11) is 0. The molecule has 0 bridgehead atoms. The van der Waals surface area contributed by atoms with E-state index < -0.39 is 4.92 Å². The molecule has 0 unspecified atom stereocenters. The fourth-order valence-electron chi connectivity index (χ4n) is 1.67. The summed E-state index contributed by atoms with van der Waals surface area (Å²) in [5.74, 6) is 0.0683. The topological polar surface area (TPSA) is 88.0 Å². The lowest BCUT2D eigenvalue weighted by atomic mass is 9.88. The lowest BCUT2D eigenvalue weighted by Gasteiger charge is -2.24. The fourth-order valence-corrected chi connectivity index (χ4v) is 1.80. The average Bonchev–Trinajstić information content (AvgIpc) is 2.83. The van der Waals surface area contributed by atoms with Gasteiger partial charge < -0.3 is 15.4 Å². The number of hydrogen-bond donors (Lipinski definition) is 2. The van der Waals surface area contributed by atoms with Crippen LogP contribution in [0.15, 0.2) is 12.1 Å². The molecule has 1 aromatic heterocycles. The van der Waals surface area contributed by atoms with E-state index in [4.69, 9.17) is 11.6 Å². The number of rotatable bonds is 7. The van der Waals surface area contributed by atoms with E-state index >= 15 is 0 Å². The van der Waals surface area contributed by atoms with Crippen molar-refractivity contribution in [1.82, 2.24) is 10.3 Å². The van der Waals surface area contributed by atoms with Crippen molar-refractivity contribution in [3.8, 4) is 0 Å². The van der Waals surface area contributed by atoms with Crippen molar-refractivity contribution < 1.29 is 9.72 Å². The van der Waals surface area contributed by atoms with Crippen LogP contribution in [0.5, 0.6) is 0 Å². The van der Waals surface area contributed by atoms with Crippen molar-refractivity contribution in [2.24, 2.45) is 5.41 Å². The first-order valence-corrected chi connectivity index (χ1v) is 6.57. The number of carbonyl (C=O) groups is 1. The molecule has 0 fully saturated rings. The molecule has 1 amide bonds. The van der Waals surface area contributed by atoms with Crippen LogP contribution in [0.3, 0.4) is 0 Å². The highest BCUT2D eigenvalue weighted by Crippen LogP contribution is 2.21. The van der Waals surface area contributed by atoms with Gasteiger partial charge in [0.15, 0.2) is 5.69 Å². The van der Waals surface area contributed by atoms with E-state index in [-0.39, 0.29) is 22.8 Å². The molecule has 0 saturated carbocycles. The van der Waals surface area contributed by atoms with Gasteiger partial charge in [-0.05, 0) is 29.2 Å². The van der Waals surface area contributed by atoms with Crippen molar-refractivity contribution in [3.63, 3.8) is 0 Å². The van der Waals surface area contributed by atoms with Gasteiger partial charge in [0.05, 0.1) is 0 Å². The number of nitrogens with zero attached hydrogens (tertiary/aromatic N) is 1. The number of amides is 1. The number of carbonyl (C=O) groups excluding carboxylic acids is 1. The summed E-state index contributed by atoms with van der Waals surface area (Å²) in [6, 6.07) is 2.67. The first-order chi connectivity index (χ1) is 8.85. The lowest BCUT2D eigenvalue weighted by molar-refractivity contribution is -0.389. The molecule has 106 valence electrons. The van der Waals surface area contributed by atoms with Gasteiger partial charge in [0, 0.05) is 18.5 Å². The van der Waals surface area contributed by atoms with Gasteiger partial charge in [0.2, 0.25) is 0 Å². The summed E-state index contributed by atoms with van der Waals surface area (Å²) < 4.78 is 0. The molecule has 0 atom stereocenters. The van der Waals surface area contributed by atoms with Gasteiger partial charge in [0.1, 0.15) is 0 Å². The monoisotopic (exact) mass is 287 g/mol. The summed E-state index contributed by atoms with van der Waals surface area (Å²) in [6.07, 6.45) is 1.79. The van der Waals surface area contributed by atoms with E-state index in [0.29, 0.717) is 12.4 Å². The maximum Gasteiger partial charge on any atom is 0.321 e. The minimum Gasteiger partial charge on any atom is -0.358 e. The normalized spacial score (nSPS) is 11.3. The van der Waals surface area contributed by atoms with Crippen LogP contribution in [-0.4, -0.2) is 28.2 Å². The van der Waals surface area contributed by atoms with Crippen molar-refractivity contribution >= 4 is 23.3 Å². The Labute approximate surface area is 116 Å². The number of nitro groups is 1. The maximum atomic E-state index is 11.8. The van der Waals surface area contributed by atoms with E-state index in [9.17, 15) is 14.9 Å². The number of hydrogen-bond acceptors (Lipinski definition) is 3. The summed E-state index contributed by atoms with van der Waals surface area (Å²) in [6.45, 7) is 4.57. The van der Waals surface area contributed by atoms with E-state index in [1.807, 2.05) is 13.8 Å². The Bertz CT molecular complexity index is 457. The second kappa shape index (κ2) is 6.56. The third-order valence-electron chi connectivity index (χ3n) is 2.83. The molecule has 0 aliphatic rings. The SMILES string of the molecule is CC(C)(CCCCl)CNC(=O)c1ccc([N+](=O)[O-])[nH]1. The van der Waals surface area contributed by atoms with Gasteiger partial charge in [0.25, 0.3) is 5.91 Å². The molecular formula is C12H18ClN3O3. The number of aromatic amines is 1. The molecule has 0 spiro atoms. The Morgan fingerprint density at radius 1 is 1.53 bits per heavy atom. The zero-order valence-corrected chi connectivity index (χ0v) is 11.8. The summed E-state index contributed by atoms with van der Waals surface area (Å²) in [4.78, 5) is 24.2. The van der Waals surface area contributed by atoms with E-state index in [0.717, 1.165) is 12.8 Å². The number of nitrogens with one attached hydrogen (secondary N) is 2. The Kier molecular flexibility index (Phi) is 5.35. The van der Waals surface area contributed by atoms with E-state index in [2.05, 4.69) is 10.3 Å². The van der Waals surface area contributed by atoms with Crippen LogP contribution < -0.4 is 5.32 Å². The first-order valence-electron chi connectivity index (χ1n) is 6.03. The maximum absolute atomic E-state index is 11.8. The van der Waals surface area contributed by atoms with Gasteiger partial charge in [-0.2, -0.15) is 0 Å².